The lowest BCUT2D eigenvalue weighted by molar-refractivity contribution is 0.352. The first-order valence-corrected chi connectivity index (χ1v) is 5.80. The molecule has 0 N–H and O–H groups in total. The Morgan fingerprint density at radius 1 is 0.895 bits per heavy atom. The first-order valence-electron chi connectivity index (χ1n) is 5.80. The van der Waals surface area contributed by atoms with Crippen molar-refractivity contribution >= 4 is 0 Å². The molecule has 1 heterocycles. The van der Waals surface area contributed by atoms with Crippen LogP contribution in [0.1, 0.15) is 5.56 Å². The second-order valence-electron chi connectivity index (χ2n) is 3.99. The smallest absolute Gasteiger partial charge is 0.320 e. The molecule has 0 amide bonds. The van der Waals surface area contributed by atoms with Crippen LogP contribution in [0.15, 0.2) is 24.3 Å². The van der Waals surface area contributed by atoms with Gasteiger partial charge in [-0.2, -0.15) is 9.97 Å². The Morgan fingerprint density at radius 3 is 2.32 bits per heavy atom. The molecule has 0 saturated heterocycles. The lowest BCUT2D eigenvalue weighted by atomic mass is 10.1. The van der Waals surface area contributed by atoms with E-state index in [0.717, 1.165) is 16.9 Å². The van der Waals surface area contributed by atoms with Crippen molar-refractivity contribution in [3.63, 3.8) is 0 Å². The van der Waals surface area contributed by atoms with E-state index in [1.807, 2.05) is 25.1 Å². The van der Waals surface area contributed by atoms with Crippen molar-refractivity contribution in [2.24, 2.45) is 0 Å². The van der Waals surface area contributed by atoms with E-state index >= 15 is 0 Å². The fraction of sp³-hybridized carbons (Fsp3) is 0.286. The van der Waals surface area contributed by atoms with Crippen LogP contribution in [-0.2, 0) is 0 Å². The van der Waals surface area contributed by atoms with Crippen LogP contribution in [0, 0.1) is 6.92 Å². The predicted octanol–water partition coefficient (Wildman–Crippen LogP) is 2.48. The molecule has 0 atom stereocenters. The molecule has 5 nitrogen and oxygen atoms in total. The van der Waals surface area contributed by atoms with Crippen LogP contribution < -0.4 is 14.2 Å². The first kappa shape index (κ1) is 13.1. The summed E-state index contributed by atoms with van der Waals surface area (Å²) in [6.07, 6.45) is 0. The molecule has 2 aromatic rings. The lowest BCUT2D eigenvalue weighted by Crippen LogP contribution is -1.98. The van der Waals surface area contributed by atoms with Gasteiger partial charge in [-0.25, -0.2) is 0 Å². The Kier molecular flexibility index (Phi) is 3.85. The molecule has 0 fully saturated rings. The van der Waals surface area contributed by atoms with Crippen molar-refractivity contribution in [2.75, 3.05) is 21.3 Å². The van der Waals surface area contributed by atoms with Gasteiger partial charge in [-0.3, -0.25) is 0 Å². The van der Waals surface area contributed by atoms with E-state index < -0.39 is 0 Å². The summed E-state index contributed by atoms with van der Waals surface area (Å²) in [5.41, 5.74) is 2.69. The minimum atomic E-state index is 0.262. The van der Waals surface area contributed by atoms with Crippen molar-refractivity contribution in [3.05, 3.63) is 29.8 Å². The van der Waals surface area contributed by atoms with E-state index in [4.69, 9.17) is 14.2 Å². The molecule has 0 spiro atoms. The minimum absolute atomic E-state index is 0.262. The molecule has 0 saturated carbocycles. The molecule has 5 heteroatoms. The van der Waals surface area contributed by atoms with Gasteiger partial charge in [0, 0.05) is 11.6 Å². The number of aromatic nitrogens is 2. The summed E-state index contributed by atoms with van der Waals surface area (Å²) in [5, 5.41) is 0. The van der Waals surface area contributed by atoms with Crippen LogP contribution in [0.2, 0.25) is 0 Å². The van der Waals surface area contributed by atoms with Gasteiger partial charge < -0.3 is 14.2 Å². The van der Waals surface area contributed by atoms with Gasteiger partial charge in [0.2, 0.25) is 5.88 Å². The first-order chi connectivity index (χ1) is 9.17. The largest absolute Gasteiger partial charge is 0.496 e. The Labute approximate surface area is 112 Å². The van der Waals surface area contributed by atoms with E-state index in [-0.39, 0.29) is 6.01 Å². The van der Waals surface area contributed by atoms with E-state index in [1.54, 1.807) is 20.3 Å². The summed E-state index contributed by atoms with van der Waals surface area (Å²) < 4.78 is 15.6. The Bertz CT molecular complexity index is 563. The van der Waals surface area contributed by atoms with Crippen LogP contribution in [0.3, 0.4) is 0 Å². The average molecular weight is 260 g/mol. The fourth-order valence-corrected chi connectivity index (χ4v) is 1.76. The fourth-order valence-electron chi connectivity index (χ4n) is 1.76. The van der Waals surface area contributed by atoms with Crippen molar-refractivity contribution in [2.45, 2.75) is 6.92 Å². The van der Waals surface area contributed by atoms with Crippen LogP contribution in [0.5, 0.6) is 17.6 Å². The van der Waals surface area contributed by atoms with Crippen LogP contribution >= 0.6 is 0 Å². The number of nitrogens with zero attached hydrogens (tertiary/aromatic N) is 2. The monoisotopic (exact) mass is 260 g/mol. The van der Waals surface area contributed by atoms with E-state index in [0.29, 0.717) is 11.6 Å². The van der Waals surface area contributed by atoms with Gasteiger partial charge in [0.1, 0.15) is 5.75 Å². The third kappa shape index (κ3) is 2.76. The second-order valence-corrected chi connectivity index (χ2v) is 3.99. The Morgan fingerprint density at radius 2 is 1.68 bits per heavy atom. The molecule has 0 bridgehead atoms. The zero-order valence-corrected chi connectivity index (χ0v) is 11.4. The molecule has 0 aliphatic carbocycles. The highest BCUT2D eigenvalue weighted by molar-refractivity contribution is 5.69. The Balaban J connectivity index is 2.60. The molecule has 1 aromatic heterocycles. The summed E-state index contributed by atoms with van der Waals surface area (Å²) in [6.45, 7) is 2.01. The number of rotatable bonds is 4. The van der Waals surface area contributed by atoms with Gasteiger partial charge in [0.25, 0.3) is 0 Å². The van der Waals surface area contributed by atoms with Crippen molar-refractivity contribution in [1.82, 2.24) is 9.97 Å². The van der Waals surface area contributed by atoms with Gasteiger partial charge in [-0.15, -0.1) is 0 Å². The average Bonchev–Trinajstić information content (AvgIpc) is 2.46. The summed E-state index contributed by atoms with van der Waals surface area (Å²) in [4.78, 5) is 8.40. The third-order valence-electron chi connectivity index (χ3n) is 2.70. The van der Waals surface area contributed by atoms with Crippen molar-refractivity contribution in [1.29, 1.82) is 0 Å². The van der Waals surface area contributed by atoms with Gasteiger partial charge in [0.15, 0.2) is 0 Å². The van der Waals surface area contributed by atoms with E-state index in [9.17, 15) is 0 Å². The topological polar surface area (TPSA) is 53.5 Å². The highest BCUT2D eigenvalue weighted by atomic mass is 16.5. The van der Waals surface area contributed by atoms with Crippen molar-refractivity contribution in [3.8, 4) is 28.9 Å². The van der Waals surface area contributed by atoms with Gasteiger partial charge in [-0.1, -0.05) is 11.6 Å². The number of ether oxygens (including phenoxy) is 3. The third-order valence-corrected chi connectivity index (χ3v) is 2.70. The number of aryl methyl sites for hydroxylation is 1. The quantitative estimate of drug-likeness (QED) is 0.845. The predicted molar refractivity (Wildman–Crippen MR) is 71.9 cm³/mol. The van der Waals surface area contributed by atoms with E-state index in [1.165, 1.54) is 7.11 Å². The second kappa shape index (κ2) is 5.56. The molecule has 0 aliphatic heterocycles. The molecule has 19 heavy (non-hydrogen) atoms. The van der Waals surface area contributed by atoms with Gasteiger partial charge in [-0.05, 0) is 19.1 Å². The summed E-state index contributed by atoms with van der Waals surface area (Å²) >= 11 is 0. The number of hydrogen-bond donors (Lipinski definition) is 0. The normalized spacial score (nSPS) is 10.1. The van der Waals surface area contributed by atoms with Crippen LogP contribution in [0.4, 0.5) is 0 Å². The zero-order valence-electron chi connectivity index (χ0n) is 11.4. The van der Waals surface area contributed by atoms with Gasteiger partial charge >= 0.3 is 6.01 Å². The summed E-state index contributed by atoms with van der Waals surface area (Å²) in [7, 11) is 4.70. The lowest BCUT2D eigenvalue weighted by Gasteiger charge is -2.10. The number of benzene rings is 1. The Hall–Kier alpha value is -2.30. The van der Waals surface area contributed by atoms with Crippen molar-refractivity contribution < 1.29 is 14.2 Å². The maximum atomic E-state index is 5.36. The highest BCUT2D eigenvalue weighted by Crippen LogP contribution is 2.31. The zero-order chi connectivity index (χ0) is 13.8. The molecule has 0 unspecified atom stereocenters. The molecular formula is C14H16N2O3. The standard InChI is InChI=1S/C14H16N2O3/c1-9-5-6-12(17-2)10(7-9)11-8-13(18-3)16-14(15-11)19-4/h5-8H,1-4H3. The van der Waals surface area contributed by atoms with E-state index in [2.05, 4.69) is 9.97 Å². The minimum Gasteiger partial charge on any atom is -0.496 e. The van der Waals surface area contributed by atoms with Crippen LogP contribution in [-0.4, -0.2) is 31.3 Å². The number of hydrogen-bond acceptors (Lipinski definition) is 5. The molecule has 0 aliphatic rings. The van der Waals surface area contributed by atoms with Gasteiger partial charge in [0.05, 0.1) is 27.0 Å². The molecule has 100 valence electrons. The SMILES string of the molecule is COc1cc(-c2cc(C)ccc2OC)nc(OC)n1. The maximum absolute atomic E-state index is 5.36. The highest BCUT2D eigenvalue weighted by Gasteiger charge is 2.12. The molecule has 0 radical (unpaired) electrons. The summed E-state index contributed by atoms with van der Waals surface area (Å²) in [5.74, 6) is 1.19. The molecular weight excluding hydrogens is 244 g/mol. The summed E-state index contributed by atoms with van der Waals surface area (Å²) in [6, 6.07) is 7.90. The maximum Gasteiger partial charge on any atom is 0.320 e. The van der Waals surface area contributed by atoms with Crippen LogP contribution in [0.25, 0.3) is 11.3 Å². The molecule has 1 aromatic carbocycles. The number of methoxy groups -OCH3 is 3. The molecule has 2 rings (SSSR count).